The van der Waals surface area contributed by atoms with Gasteiger partial charge in [0.25, 0.3) is 5.91 Å². The third kappa shape index (κ3) is 4.02. The molecule has 0 radical (unpaired) electrons. The lowest BCUT2D eigenvalue weighted by Crippen LogP contribution is -2.12. The van der Waals surface area contributed by atoms with E-state index in [1.807, 2.05) is 0 Å². The number of amides is 1. The van der Waals surface area contributed by atoms with E-state index in [2.05, 4.69) is 15.4 Å². The largest absolute Gasteiger partial charge is 0.322 e. The van der Waals surface area contributed by atoms with Crippen LogP contribution in [0.4, 0.5) is 5.69 Å². The lowest BCUT2D eigenvalue weighted by Gasteiger charge is -2.07. The number of fused-ring (bicyclic) bond motifs is 1. The van der Waals surface area contributed by atoms with Crippen molar-refractivity contribution >= 4 is 50.3 Å². The van der Waals surface area contributed by atoms with Crippen LogP contribution in [0.25, 0.3) is 16.9 Å². The number of hydrogen-bond donors (Lipinski definition) is 1. The van der Waals surface area contributed by atoms with Gasteiger partial charge in [-0.3, -0.25) is 4.79 Å². The predicted molar refractivity (Wildman–Crippen MR) is 116 cm³/mol. The number of halogens is 2. The minimum atomic E-state index is -3.40. The Balaban J connectivity index is 1.72. The van der Waals surface area contributed by atoms with Gasteiger partial charge in [-0.25, -0.2) is 17.9 Å². The third-order valence-corrected chi connectivity index (χ3v) is 5.96. The first-order valence-corrected chi connectivity index (χ1v) is 11.3. The van der Waals surface area contributed by atoms with Crippen LogP contribution in [0.5, 0.6) is 0 Å². The molecular weight excluding hydrogens is 447 g/mol. The van der Waals surface area contributed by atoms with E-state index >= 15 is 0 Å². The van der Waals surface area contributed by atoms with Crippen LogP contribution in [0, 0.1) is 0 Å². The van der Waals surface area contributed by atoms with Crippen LogP contribution in [-0.4, -0.2) is 35.2 Å². The Bertz CT molecular complexity index is 1380. The summed E-state index contributed by atoms with van der Waals surface area (Å²) in [6.45, 7) is 0. The molecule has 0 aliphatic heterocycles. The Morgan fingerprint density at radius 3 is 2.50 bits per heavy atom. The average Bonchev–Trinajstić information content (AvgIpc) is 3.13. The number of nitrogens with zero attached hydrogens (tertiary/aromatic N) is 3. The molecule has 1 amide bonds. The number of carbonyl (C=O) groups excluding carboxylic acids is 1. The van der Waals surface area contributed by atoms with Gasteiger partial charge in [0.05, 0.1) is 16.8 Å². The summed E-state index contributed by atoms with van der Waals surface area (Å²) in [6, 6.07) is 14.7. The van der Waals surface area contributed by atoms with E-state index in [0.29, 0.717) is 16.4 Å². The molecule has 0 atom stereocenters. The first kappa shape index (κ1) is 20.3. The summed E-state index contributed by atoms with van der Waals surface area (Å²) < 4.78 is 24.8. The fraction of sp³-hybridized carbons (Fsp3) is 0.0500. The van der Waals surface area contributed by atoms with Crippen LogP contribution in [0.15, 0.2) is 65.7 Å². The summed E-state index contributed by atoms with van der Waals surface area (Å²) in [6.07, 6.45) is 2.46. The van der Waals surface area contributed by atoms with Gasteiger partial charge in [0, 0.05) is 28.6 Å². The third-order valence-electron chi connectivity index (χ3n) is 4.33. The fourth-order valence-corrected chi connectivity index (χ4v) is 3.88. The van der Waals surface area contributed by atoms with Crippen LogP contribution in [0.1, 0.15) is 10.4 Å². The average molecular weight is 461 g/mol. The van der Waals surface area contributed by atoms with E-state index in [-0.39, 0.29) is 21.3 Å². The Morgan fingerprint density at radius 2 is 1.80 bits per heavy atom. The molecule has 10 heteroatoms. The lowest BCUT2D eigenvalue weighted by atomic mass is 10.1. The van der Waals surface area contributed by atoms with Crippen molar-refractivity contribution in [2.75, 3.05) is 11.6 Å². The van der Waals surface area contributed by atoms with Gasteiger partial charge in [-0.15, -0.1) is 0 Å². The number of sulfone groups is 1. The van der Waals surface area contributed by atoms with Gasteiger partial charge in [-0.2, -0.15) is 5.10 Å². The lowest BCUT2D eigenvalue weighted by molar-refractivity contribution is 0.102. The number of carbonyl (C=O) groups is 1. The molecule has 2 heterocycles. The zero-order valence-corrected chi connectivity index (χ0v) is 17.8. The first-order valence-electron chi connectivity index (χ1n) is 8.64. The van der Waals surface area contributed by atoms with Crippen molar-refractivity contribution in [1.82, 2.24) is 14.6 Å². The molecule has 0 saturated carbocycles. The van der Waals surface area contributed by atoms with Crippen molar-refractivity contribution in [3.8, 4) is 11.3 Å². The van der Waals surface area contributed by atoms with Crippen molar-refractivity contribution in [3.63, 3.8) is 0 Å². The Kier molecular flexibility index (Phi) is 5.23. The van der Waals surface area contributed by atoms with Gasteiger partial charge in [0.2, 0.25) is 0 Å². The zero-order valence-electron chi connectivity index (χ0n) is 15.5. The van der Waals surface area contributed by atoms with Crippen LogP contribution in [-0.2, 0) is 9.84 Å². The van der Waals surface area contributed by atoms with E-state index in [1.165, 1.54) is 22.8 Å². The van der Waals surface area contributed by atoms with Crippen LogP contribution in [0.3, 0.4) is 0 Å². The standard InChI is InChI=1S/C20H14Cl2N4O3S/c1-30(28,29)15-4-2-3-14(9-15)24-20(27)16-11-23-26-18(22)10-17(25-19(16)26)12-5-7-13(21)8-6-12/h2-11H,1H3,(H,24,27). The van der Waals surface area contributed by atoms with Crippen LogP contribution in [0.2, 0.25) is 10.2 Å². The number of rotatable bonds is 4. The minimum absolute atomic E-state index is 0.103. The van der Waals surface area contributed by atoms with Gasteiger partial charge in [-0.1, -0.05) is 41.4 Å². The summed E-state index contributed by atoms with van der Waals surface area (Å²) in [5, 5.41) is 7.68. The highest BCUT2D eigenvalue weighted by molar-refractivity contribution is 7.90. The number of aromatic nitrogens is 3. The van der Waals surface area contributed by atoms with Crippen molar-refractivity contribution in [3.05, 3.63) is 76.5 Å². The topological polar surface area (TPSA) is 93.4 Å². The van der Waals surface area contributed by atoms with Crippen molar-refractivity contribution in [1.29, 1.82) is 0 Å². The molecule has 4 rings (SSSR count). The van der Waals surface area contributed by atoms with E-state index in [1.54, 1.807) is 42.5 Å². The maximum absolute atomic E-state index is 12.8. The minimum Gasteiger partial charge on any atom is -0.322 e. The number of anilines is 1. The molecule has 30 heavy (non-hydrogen) atoms. The quantitative estimate of drug-likeness (QED) is 0.456. The Morgan fingerprint density at radius 1 is 1.07 bits per heavy atom. The molecule has 0 spiro atoms. The molecule has 7 nitrogen and oxygen atoms in total. The molecule has 0 fully saturated rings. The zero-order chi connectivity index (χ0) is 21.5. The van der Waals surface area contributed by atoms with E-state index in [0.717, 1.165) is 11.8 Å². The molecular formula is C20H14Cl2N4O3S. The van der Waals surface area contributed by atoms with Crippen LogP contribution >= 0.6 is 23.2 Å². The maximum Gasteiger partial charge on any atom is 0.261 e. The molecule has 1 N–H and O–H groups in total. The van der Waals surface area contributed by atoms with Crippen molar-refractivity contribution in [2.45, 2.75) is 4.90 Å². The summed E-state index contributed by atoms with van der Waals surface area (Å²) in [7, 11) is -3.40. The summed E-state index contributed by atoms with van der Waals surface area (Å²) in [4.78, 5) is 17.5. The highest BCUT2D eigenvalue weighted by Crippen LogP contribution is 2.25. The second kappa shape index (κ2) is 7.71. The van der Waals surface area contributed by atoms with E-state index in [9.17, 15) is 13.2 Å². The van der Waals surface area contributed by atoms with E-state index in [4.69, 9.17) is 23.2 Å². The molecule has 0 aliphatic carbocycles. The molecule has 152 valence electrons. The highest BCUT2D eigenvalue weighted by Gasteiger charge is 2.18. The van der Waals surface area contributed by atoms with Gasteiger partial charge in [0.1, 0.15) is 10.7 Å². The molecule has 2 aromatic carbocycles. The fourth-order valence-electron chi connectivity index (χ4n) is 2.86. The maximum atomic E-state index is 12.8. The van der Waals surface area contributed by atoms with Crippen molar-refractivity contribution in [2.24, 2.45) is 0 Å². The number of nitrogens with one attached hydrogen (secondary N) is 1. The normalized spacial score (nSPS) is 11.6. The van der Waals surface area contributed by atoms with Gasteiger partial charge < -0.3 is 5.32 Å². The second-order valence-corrected chi connectivity index (χ2v) is 9.36. The summed E-state index contributed by atoms with van der Waals surface area (Å²) >= 11 is 12.3. The monoisotopic (exact) mass is 460 g/mol. The predicted octanol–water partition coefficient (Wildman–Crippen LogP) is 4.36. The summed E-state index contributed by atoms with van der Waals surface area (Å²) in [5.41, 5.74) is 2.12. The van der Waals surface area contributed by atoms with Crippen LogP contribution < -0.4 is 5.32 Å². The number of benzene rings is 2. The second-order valence-electron chi connectivity index (χ2n) is 6.52. The van der Waals surface area contributed by atoms with Gasteiger partial charge in [0.15, 0.2) is 15.5 Å². The molecule has 0 bridgehead atoms. The Hall–Kier alpha value is -2.94. The smallest absolute Gasteiger partial charge is 0.261 e. The molecule has 4 aromatic rings. The molecule has 0 aliphatic rings. The van der Waals surface area contributed by atoms with Gasteiger partial charge in [-0.05, 0) is 30.3 Å². The molecule has 0 saturated heterocycles. The summed E-state index contributed by atoms with van der Waals surface area (Å²) in [5.74, 6) is -0.493. The molecule has 2 aromatic heterocycles. The Labute approximate surface area is 182 Å². The number of hydrogen-bond acceptors (Lipinski definition) is 5. The SMILES string of the molecule is CS(=O)(=O)c1cccc(NC(=O)c2cnn3c(Cl)cc(-c4ccc(Cl)cc4)nc23)c1. The first-order chi connectivity index (χ1) is 14.2. The van der Waals surface area contributed by atoms with Gasteiger partial charge >= 0.3 is 0 Å². The molecule has 0 unspecified atom stereocenters. The highest BCUT2D eigenvalue weighted by atomic mass is 35.5. The van der Waals surface area contributed by atoms with E-state index < -0.39 is 15.7 Å². The van der Waals surface area contributed by atoms with Crippen molar-refractivity contribution < 1.29 is 13.2 Å².